The lowest BCUT2D eigenvalue weighted by molar-refractivity contribution is 0.0993. The third kappa shape index (κ3) is 4.24. The van der Waals surface area contributed by atoms with Crippen molar-refractivity contribution >= 4 is 15.8 Å². The first-order valence-corrected chi connectivity index (χ1v) is 8.85. The highest BCUT2D eigenvalue weighted by Crippen LogP contribution is 2.25. The molecular weight excluding hydrogens is 317 g/mol. The lowest BCUT2D eigenvalue weighted by Crippen LogP contribution is -2.31. The van der Waals surface area contributed by atoms with E-state index in [2.05, 4.69) is 4.72 Å². The Hall–Kier alpha value is -2.05. The van der Waals surface area contributed by atoms with E-state index in [9.17, 15) is 17.6 Å². The maximum atomic E-state index is 14.3. The minimum atomic E-state index is -3.50. The number of benzene rings is 2. The smallest absolute Gasteiger partial charge is 0.211 e. The molecule has 23 heavy (non-hydrogen) atoms. The number of ketones is 1. The summed E-state index contributed by atoms with van der Waals surface area (Å²) in [4.78, 5) is 12.2. The molecule has 1 N–H and O–H groups in total. The molecule has 0 radical (unpaired) electrons. The lowest BCUT2D eigenvalue weighted by atomic mass is 9.98. The van der Waals surface area contributed by atoms with Crippen molar-refractivity contribution in [3.05, 3.63) is 59.4 Å². The van der Waals surface area contributed by atoms with E-state index >= 15 is 0 Å². The van der Waals surface area contributed by atoms with E-state index in [1.807, 2.05) is 30.3 Å². The van der Waals surface area contributed by atoms with Crippen LogP contribution in [-0.4, -0.2) is 26.5 Å². The van der Waals surface area contributed by atoms with Crippen LogP contribution in [0.15, 0.2) is 42.5 Å². The Morgan fingerprint density at radius 3 is 2.39 bits per heavy atom. The highest BCUT2D eigenvalue weighted by molar-refractivity contribution is 7.89. The normalized spacial score (nSPS) is 11.4. The predicted octanol–water partition coefficient (Wildman–Crippen LogP) is 2.92. The Morgan fingerprint density at radius 2 is 1.78 bits per heavy atom. The number of Topliss-reactive ketones (excluding diaryl/α,β-unsaturated/α-hetero) is 1. The fourth-order valence-electron chi connectivity index (χ4n) is 2.14. The molecule has 0 spiro atoms. The highest BCUT2D eigenvalue weighted by atomic mass is 32.2. The zero-order valence-corrected chi connectivity index (χ0v) is 13.8. The van der Waals surface area contributed by atoms with Crippen LogP contribution < -0.4 is 4.72 Å². The van der Waals surface area contributed by atoms with Crippen molar-refractivity contribution in [2.24, 2.45) is 0 Å². The van der Waals surface area contributed by atoms with E-state index in [4.69, 9.17) is 0 Å². The van der Waals surface area contributed by atoms with Crippen molar-refractivity contribution in [1.82, 2.24) is 4.72 Å². The van der Waals surface area contributed by atoms with Crippen LogP contribution in [-0.2, 0) is 10.0 Å². The zero-order chi connectivity index (χ0) is 17.0. The SMILES string of the molecule is CCS(=O)(=O)NCC(=O)c1cc(-c2ccccc2)cc(C)c1F. The summed E-state index contributed by atoms with van der Waals surface area (Å²) >= 11 is 0. The van der Waals surface area contributed by atoms with Gasteiger partial charge in [0.15, 0.2) is 5.78 Å². The van der Waals surface area contributed by atoms with Crippen LogP contribution in [0, 0.1) is 12.7 Å². The van der Waals surface area contributed by atoms with Gasteiger partial charge in [-0.1, -0.05) is 30.3 Å². The summed E-state index contributed by atoms with van der Waals surface area (Å²) in [7, 11) is -3.50. The first-order chi connectivity index (χ1) is 10.8. The van der Waals surface area contributed by atoms with Gasteiger partial charge in [-0.3, -0.25) is 4.79 Å². The molecule has 2 aromatic carbocycles. The van der Waals surface area contributed by atoms with Gasteiger partial charge in [0.1, 0.15) is 5.82 Å². The van der Waals surface area contributed by atoms with E-state index < -0.39 is 28.2 Å². The van der Waals surface area contributed by atoms with Crippen molar-refractivity contribution < 1.29 is 17.6 Å². The van der Waals surface area contributed by atoms with Gasteiger partial charge >= 0.3 is 0 Å². The van der Waals surface area contributed by atoms with Crippen LogP contribution in [0.4, 0.5) is 4.39 Å². The number of sulfonamides is 1. The summed E-state index contributed by atoms with van der Waals surface area (Å²) in [6, 6.07) is 12.4. The summed E-state index contributed by atoms with van der Waals surface area (Å²) in [6.07, 6.45) is 0. The van der Waals surface area contributed by atoms with Crippen molar-refractivity contribution in [2.45, 2.75) is 13.8 Å². The van der Waals surface area contributed by atoms with Crippen molar-refractivity contribution in [3.8, 4) is 11.1 Å². The Bertz CT molecular complexity index is 817. The molecule has 0 fully saturated rings. The van der Waals surface area contributed by atoms with E-state index in [0.717, 1.165) is 5.56 Å². The molecule has 0 unspecified atom stereocenters. The van der Waals surface area contributed by atoms with Gasteiger partial charge in [-0.2, -0.15) is 0 Å². The third-order valence-electron chi connectivity index (χ3n) is 3.49. The maximum absolute atomic E-state index is 14.3. The number of rotatable bonds is 6. The van der Waals surface area contributed by atoms with Gasteiger partial charge in [-0.05, 0) is 42.7 Å². The average molecular weight is 335 g/mol. The fourth-order valence-corrected chi connectivity index (χ4v) is 2.70. The number of carbonyl (C=O) groups is 1. The molecule has 0 atom stereocenters. The molecule has 0 aliphatic carbocycles. The van der Waals surface area contributed by atoms with Crippen LogP contribution in [0.3, 0.4) is 0 Å². The molecule has 0 saturated carbocycles. The predicted molar refractivity (Wildman–Crippen MR) is 88.4 cm³/mol. The summed E-state index contributed by atoms with van der Waals surface area (Å²) in [5, 5.41) is 0. The minimum Gasteiger partial charge on any atom is -0.293 e. The number of halogens is 1. The van der Waals surface area contributed by atoms with Gasteiger partial charge in [0, 0.05) is 0 Å². The molecule has 0 aliphatic rings. The van der Waals surface area contributed by atoms with E-state index in [1.165, 1.54) is 13.0 Å². The molecule has 0 amide bonds. The second-order valence-electron chi connectivity index (χ2n) is 5.17. The van der Waals surface area contributed by atoms with E-state index in [0.29, 0.717) is 11.1 Å². The van der Waals surface area contributed by atoms with Crippen LogP contribution in [0.2, 0.25) is 0 Å². The maximum Gasteiger partial charge on any atom is 0.211 e. The molecule has 0 saturated heterocycles. The Labute approximate surface area is 135 Å². The van der Waals surface area contributed by atoms with Gasteiger partial charge < -0.3 is 0 Å². The van der Waals surface area contributed by atoms with Crippen molar-refractivity contribution in [3.63, 3.8) is 0 Å². The van der Waals surface area contributed by atoms with Gasteiger partial charge in [-0.25, -0.2) is 17.5 Å². The molecule has 2 aromatic rings. The standard InChI is InChI=1S/C17H18FNO3S/c1-3-23(21,22)19-11-16(20)15-10-14(9-12(2)17(15)18)13-7-5-4-6-8-13/h4-10,19H,3,11H2,1-2H3. The molecule has 2 rings (SSSR count). The molecule has 0 aromatic heterocycles. The summed E-state index contributed by atoms with van der Waals surface area (Å²) in [6.45, 7) is 2.59. The number of nitrogens with one attached hydrogen (secondary N) is 1. The van der Waals surface area contributed by atoms with Gasteiger partial charge in [0.2, 0.25) is 10.0 Å². The van der Waals surface area contributed by atoms with E-state index in [-0.39, 0.29) is 11.3 Å². The van der Waals surface area contributed by atoms with Gasteiger partial charge in [0.25, 0.3) is 0 Å². The molecule has 6 heteroatoms. The average Bonchev–Trinajstić information content (AvgIpc) is 2.56. The number of carbonyl (C=O) groups excluding carboxylic acids is 1. The van der Waals surface area contributed by atoms with Crippen LogP contribution in [0.25, 0.3) is 11.1 Å². The molecule has 4 nitrogen and oxygen atoms in total. The second kappa shape index (κ2) is 7.02. The molecule has 0 heterocycles. The molecule has 0 bridgehead atoms. The fraction of sp³-hybridized carbons (Fsp3) is 0.235. The molecule has 122 valence electrons. The van der Waals surface area contributed by atoms with E-state index in [1.54, 1.807) is 13.0 Å². The summed E-state index contributed by atoms with van der Waals surface area (Å²) in [5.74, 6) is -1.35. The van der Waals surface area contributed by atoms with Crippen LogP contribution in [0.5, 0.6) is 0 Å². The molecule has 0 aliphatic heterocycles. The summed E-state index contributed by atoms with van der Waals surface area (Å²) < 4.78 is 39.3. The van der Waals surface area contributed by atoms with Crippen LogP contribution >= 0.6 is 0 Å². The number of aryl methyl sites for hydroxylation is 1. The lowest BCUT2D eigenvalue weighted by Gasteiger charge is -2.10. The number of hydrogen-bond acceptors (Lipinski definition) is 3. The van der Waals surface area contributed by atoms with Gasteiger partial charge in [0.05, 0.1) is 17.9 Å². The monoisotopic (exact) mass is 335 g/mol. The van der Waals surface area contributed by atoms with Gasteiger partial charge in [-0.15, -0.1) is 0 Å². The summed E-state index contributed by atoms with van der Waals surface area (Å²) in [5.41, 5.74) is 1.81. The zero-order valence-electron chi connectivity index (χ0n) is 13.0. The molecular formula is C17H18FNO3S. The quantitative estimate of drug-likeness (QED) is 0.826. The first-order valence-electron chi connectivity index (χ1n) is 7.20. The largest absolute Gasteiger partial charge is 0.293 e. The minimum absolute atomic E-state index is 0.109. The first kappa shape index (κ1) is 17.3. The second-order valence-corrected chi connectivity index (χ2v) is 7.26. The van der Waals surface area contributed by atoms with Crippen molar-refractivity contribution in [1.29, 1.82) is 0 Å². The van der Waals surface area contributed by atoms with Crippen molar-refractivity contribution in [2.75, 3.05) is 12.3 Å². The third-order valence-corrected chi connectivity index (χ3v) is 4.84. The Balaban J connectivity index is 2.35. The number of hydrogen-bond donors (Lipinski definition) is 1. The van der Waals surface area contributed by atoms with Crippen LogP contribution in [0.1, 0.15) is 22.8 Å². The highest BCUT2D eigenvalue weighted by Gasteiger charge is 2.18. The Morgan fingerprint density at radius 1 is 1.13 bits per heavy atom. The Kier molecular flexibility index (Phi) is 5.28. The topological polar surface area (TPSA) is 63.2 Å².